The molecule has 33 heavy (non-hydrogen) atoms. The summed E-state index contributed by atoms with van der Waals surface area (Å²) in [6.45, 7) is 1.00. The number of alkyl halides is 3. The standard InChI is InChI=1S/C20H19F4N3O5S/c1-12(28)25-10-16-11-27(19(29)32-16)15-6-7-17(18(21)8-15)14-4-2-13(3-5-14)9-26-33(30,31)20(22,23)24/h2-8,16,26H,9-11H2,1H3,(H,25,28)/t16-/m0/s1. The van der Waals surface area contributed by atoms with Crippen LogP contribution >= 0.6 is 0 Å². The lowest BCUT2D eigenvalue weighted by atomic mass is 10.0. The van der Waals surface area contributed by atoms with E-state index in [1.54, 1.807) is 0 Å². The van der Waals surface area contributed by atoms with Crippen LogP contribution in [-0.2, 0) is 26.1 Å². The van der Waals surface area contributed by atoms with Crippen LogP contribution in [0.3, 0.4) is 0 Å². The molecule has 3 rings (SSSR count). The number of cyclic esters (lactones) is 1. The molecule has 1 aliphatic rings. The van der Waals surface area contributed by atoms with Gasteiger partial charge in [0.1, 0.15) is 11.9 Å². The summed E-state index contributed by atoms with van der Waals surface area (Å²) in [7, 11) is -5.47. The van der Waals surface area contributed by atoms with Crippen LogP contribution in [0.15, 0.2) is 42.5 Å². The van der Waals surface area contributed by atoms with Crippen LogP contribution in [0.5, 0.6) is 0 Å². The highest BCUT2D eigenvalue weighted by atomic mass is 32.2. The zero-order valence-electron chi connectivity index (χ0n) is 17.1. The van der Waals surface area contributed by atoms with Crippen LogP contribution in [0, 0.1) is 5.82 Å². The van der Waals surface area contributed by atoms with Crippen molar-refractivity contribution in [2.24, 2.45) is 0 Å². The van der Waals surface area contributed by atoms with Gasteiger partial charge in [-0.05, 0) is 29.3 Å². The average Bonchev–Trinajstić information content (AvgIpc) is 3.11. The minimum Gasteiger partial charge on any atom is -0.442 e. The average molecular weight is 489 g/mol. The smallest absolute Gasteiger partial charge is 0.442 e. The summed E-state index contributed by atoms with van der Waals surface area (Å²) in [5.41, 5.74) is -4.35. The Hall–Kier alpha value is -3.19. The van der Waals surface area contributed by atoms with Crippen LogP contribution in [0.4, 0.5) is 28.0 Å². The van der Waals surface area contributed by atoms with Crippen molar-refractivity contribution in [2.75, 3.05) is 18.0 Å². The Labute approximate surface area is 186 Å². The maximum absolute atomic E-state index is 14.8. The predicted molar refractivity (Wildman–Crippen MR) is 110 cm³/mol. The Morgan fingerprint density at radius 2 is 1.85 bits per heavy atom. The number of rotatable bonds is 7. The van der Waals surface area contributed by atoms with Gasteiger partial charge in [-0.1, -0.05) is 24.3 Å². The second-order valence-corrected chi connectivity index (χ2v) is 8.94. The maximum Gasteiger partial charge on any atom is 0.511 e. The zero-order chi connectivity index (χ0) is 24.4. The van der Waals surface area contributed by atoms with Gasteiger partial charge in [0.15, 0.2) is 0 Å². The molecule has 1 aliphatic heterocycles. The number of ether oxygens (including phenoxy) is 1. The van der Waals surface area contributed by atoms with E-state index in [1.165, 1.54) is 52.9 Å². The largest absolute Gasteiger partial charge is 0.511 e. The Balaban J connectivity index is 1.69. The summed E-state index contributed by atoms with van der Waals surface area (Å²) < 4.78 is 80.6. The summed E-state index contributed by atoms with van der Waals surface area (Å²) in [4.78, 5) is 24.3. The molecule has 0 radical (unpaired) electrons. The van der Waals surface area contributed by atoms with E-state index >= 15 is 0 Å². The number of benzene rings is 2. The molecule has 2 amide bonds. The van der Waals surface area contributed by atoms with Crippen LogP contribution in [-0.4, -0.2) is 45.1 Å². The number of hydrogen-bond acceptors (Lipinski definition) is 5. The molecular weight excluding hydrogens is 470 g/mol. The molecule has 2 aromatic carbocycles. The van der Waals surface area contributed by atoms with E-state index in [0.717, 1.165) is 6.07 Å². The number of sulfonamides is 1. The number of nitrogens with zero attached hydrogens (tertiary/aromatic N) is 1. The van der Waals surface area contributed by atoms with Crippen molar-refractivity contribution in [1.29, 1.82) is 0 Å². The van der Waals surface area contributed by atoms with Crippen molar-refractivity contribution in [3.05, 3.63) is 53.8 Å². The number of amides is 2. The third kappa shape index (κ3) is 5.79. The van der Waals surface area contributed by atoms with E-state index < -0.39 is 40.1 Å². The first-order valence-corrected chi connectivity index (χ1v) is 11.0. The highest BCUT2D eigenvalue weighted by molar-refractivity contribution is 7.90. The van der Waals surface area contributed by atoms with Crippen molar-refractivity contribution >= 4 is 27.7 Å². The first-order chi connectivity index (χ1) is 15.4. The highest BCUT2D eigenvalue weighted by Gasteiger charge is 2.45. The van der Waals surface area contributed by atoms with E-state index in [2.05, 4.69) is 5.32 Å². The third-order valence-electron chi connectivity index (χ3n) is 4.75. The molecule has 1 atom stereocenters. The molecule has 178 valence electrons. The fraction of sp³-hybridized carbons (Fsp3) is 0.300. The minimum atomic E-state index is -5.47. The van der Waals surface area contributed by atoms with Gasteiger partial charge in [0, 0.05) is 19.0 Å². The third-order valence-corrected chi connectivity index (χ3v) is 5.89. The van der Waals surface area contributed by atoms with E-state index in [0.29, 0.717) is 5.56 Å². The summed E-state index contributed by atoms with van der Waals surface area (Å²) in [6, 6.07) is 9.68. The van der Waals surface area contributed by atoms with Crippen molar-refractivity contribution in [3.8, 4) is 11.1 Å². The molecule has 1 heterocycles. The maximum atomic E-state index is 14.8. The summed E-state index contributed by atoms with van der Waals surface area (Å²) in [5.74, 6) is -0.931. The monoisotopic (exact) mass is 489 g/mol. The van der Waals surface area contributed by atoms with Crippen LogP contribution in [0.25, 0.3) is 11.1 Å². The van der Waals surface area contributed by atoms with E-state index in [4.69, 9.17) is 4.74 Å². The molecule has 13 heteroatoms. The second-order valence-electron chi connectivity index (χ2n) is 7.18. The van der Waals surface area contributed by atoms with E-state index in [1.807, 2.05) is 0 Å². The Morgan fingerprint density at radius 1 is 1.18 bits per heavy atom. The summed E-state index contributed by atoms with van der Waals surface area (Å²) in [5, 5.41) is 2.54. The van der Waals surface area contributed by atoms with Gasteiger partial charge in [0.25, 0.3) is 0 Å². The van der Waals surface area contributed by atoms with Crippen molar-refractivity contribution in [3.63, 3.8) is 0 Å². The molecule has 0 saturated carbocycles. The van der Waals surface area contributed by atoms with Gasteiger partial charge in [0.2, 0.25) is 5.91 Å². The van der Waals surface area contributed by atoms with Gasteiger partial charge in [0.05, 0.1) is 18.8 Å². The Bertz CT molecular complexity index is 1150. The first kappa shape index (κ1) is 24.5. The fourth-order valence-electron chi connectivity index (χ4n) is 3.06. The molecule has 2 aromatic rings. The van der Waals surface area contributed by atoms with Crippen LogP contribution in [0.2, 0.25) is 0 Å². The lowest BCUT2D eigenvalue weighted by Crippen LogP contribution is -2.35. The quantitative estimate of drug-likeness (QED) is 0.582. The van der Waals surface area contributed by atoms with Crippen molar-refractivity contribution in [1.82, 2.24) is 10.0 Å². The SMILES string of the molecule is CC(=O)NC[C@H]1CN(c2ccc(-c3ccc(CNS(=O)(=O)C(F)(F)F)cc3)c(F)c2)C(=O)O1. The summed E-state index contributed by atoms with van der Waals surface area (Å²) >= 11 is 0. The molecule has 8 nitrogen and oxygen atoms in total. The molecule has 1 fully saturated rings. The Morgan fingerprint density at radius 3 is 2.42 bits per heavy atom. The number of hydrogen-bond donors (Lipinski definition) is 2. The number of anilines is 1. The minimum absolute atomic E-state index is 0.125. The van der Waals surface area contributed by atoms with Gasteiger partial charge in [-0.2, -0.15) is 13.2 Å². The molecule has 2 N–H and O–H groups in total. The first-order valence-electron chi connectivity index (χ1n) is 9.55. The summed E-state index contributed by atoms with van der Waals surface area (Å²) in [6.07, 6.45) is -1.25. The highest BCUT2D eigenvalue weighted by Crippen LogP contribution is 2.29. The van der Waals surface area contributed by atoms with Gasteiger partial charge in [-0.3, -0.25) is 9.69 Å². The number of carbonyl (C=O) groups is 2. The lowest BCUT2D eigenvalue weighted by molar-refractivity contribution is -0.119. The molecule has 0 bridgehead atoms. The van der Waals surface area contributed by atoms with Gasteiger partial charge >= 0.3 is 21.6 Å². The molecule has 0 spiro atoms. The lowest BCUT2D eigenvalue weighted by Gasteiger charge is -2.15. The zero-order valence-corrected chi connectivity index (χ0v) is 18.0. The molecular formula is C20H19F4N3O5S. The Kier molecular flexibility index (Phi) is 6.93. The topological polar surface area (TPSA) is 105 Å². The number of carbonyl (C=O) groups excluding carboxylic acids is 2. The van der Waals surface area contributed by atoms with Crippen LogP contribution < -0.4 is 14.9 Å². The van der Waals surface area contributed by atoms with Crippen molar-refractivity contribution < 1.29 is 40.3 Å². The number of halogens is 4. The predicted octanol–water partition coefficient (Wildman–Crippen LogP) is 2.89. The molecule has 0 unspecified atom stereocenters. The van der Waals surface area contributed by atoms with Gasteiger partial charge in [-0.25, -0.2) is 22.3 Å². The van der Waals surface area contributed by atoms with Crippen molar-refractivity contribution in [2.45, 2.75) is 25.1 Å². The molecule has 0 aliphatic carbocycles. The van der Waals surface area contributed by atoms with Crippen LogP contribution in [0.1, 0.15) is 12.5 Å². The van der Waals surface area contributed by atoms with Gasteiger partial charge in [-0.15, -0.1) is 0 Å². The molecule has 1 saturated heterocycles. The molecule has 0 aromatic heterocycles. The van der Waals surface area contributed by atoms with E-state index in [-0.39, 0.29) is 35.8 Å². The van der Waals surface area contributed by atoms with Gasteiger partial charge < -0.3 is 10.1 Å². The number of nitrogens with one attached hydrogen (secondary N) is 2. The fourth-order valence-corrected chi connectivity index (χ4v) is 3.58. The van der Waals surface area contributed by atoms with E-state index in [9.17, 15) is 35.6 Å². The second kappa shape index (κ2) is 9.35. The normalized spacial score (nSPS) is 16.6.